The molecule has 1 aliphatic carbocycles. The Morgan fingerprint density at radius 1 is 1.04 bits per heavy atom. The summed E-state index contributed by atoms with van der Waals surface area (Å²) in [5.74, 6) is -0.906. The maximum atomic E-state index is 11.9. The second kappa shape index (κ2) is 6.84. The van der Waals surface area contributed by atoms with Crippen LogP contribution in [0.3, 0.4) is 0 Å². The summed E-state index contributed by atoms with van der Waals surface area (Å²) in [6.07, 6.45) is 3.30. The molecule has 0 spiro atoms. The molecule has 118 valence electrons. The Bertz CT molecular complexity index is 740. The molecule has 5 heteroatoms. The summed E-state index contributed by atoms with van der Waals surface area (Å²) in [6.45, 7) is -0.321. The number of carbonyl (C=O) groups excluding carboxylic acids is 2. The van der Waals surface area contributed by atoms with E-state index in [4.69, 9.17) is 16.3 Å². The van der Waals surface area contributed by atoms with Crippen molar-refractivity contribution in [1.82, 2.24) is 0 Å². The van der Waals surface area contributed by atoms with Crippen LogP contribution in [0.2, 0.25) is 5.02 Å². The fourth-order valence-electron chi connectivity index (χ4n) is 2.65. The number of nitrogens with one attached hydrogen (secondary N) is 1. The first-order chi connectivity index (χ1) is 11.1. The van der Waals surface area contributed by atoms with Crippen LogP contribution in [-0.2, 0) is 22.4 Å². The van der Waals surface area contributed by atoms with Crippen molar-refractivity contribution in [2.45, 2.75) is 19.3 Å². The van der Waals surface area contributed by atoms with Crippen LogP contribution in [0.1, 0.15) is 27.9 Å². The van der Waals surface area contributed by atoms with Crippen LogP contribution in [0.4, 0.5) is 5.69 Å². The Kier molecular flexibility index (Phi) is 4.63. The molecule has 0 fully saturated rings. The van der Waals surface area contributed by atoms with Crippen LogP contribution >= 0.6 is 11.6 Å². The van der Waals surface area contributed by atoms with E-state index in [1.54, 1.807) is 24.3 Å². The maximum absolute atomic E-state index is 11.9. The highest BCUT2D eigenvalue weighted by Gasteiger charge is 2.13. The minimum absolute atomic E-state index is 0.321. The number of amides is 1. The molecule has 2 aromatic carbocycles. The van der Waals surface area contributed by atoms with Crippen molar-refractivity contribution >= 4 is 29.2 Å². The lowest BCUT2D eigenvalue weighted by Gasteiger charge is -2.08. The monoisotopic (exact) mass is 329 g/mol. The molecule has 0 saturated carbocycles. The molecule has 0 radical (unpaired) electrons. The molecule has 0 saturated heterocycles. The van der Waals surface area contributed by atoms with Crippen molar-refractivity contribution in [2.75, 3.05) is 11.9 Å². The van der Waals surface area contributed by atoms with Gasteiger partial charge in [-0.2, -0.15) is 0 Å². The van der Waals surface area contributed by atoms with E-state index in [1.807, 2.05) is 18.2 Å². The van der Waals surface area contributed by atoms with E-state index in [1.165, 1.54) is 11.1 Å². The topological polar surface area (TPSA) is 55.4 Å². The molecule has 0 unspecified atom stereocenters. The average molecular weight is 330 g/mol. The molecule has 0 atom stereocenters. The normalized spacial score (nSPS) is 12.6. The van der Waals surface area contributed by atoms with Crippen LogP contribution in [0.15, 0.2) is 42.5 Å². The van der Waals surface area contributed by atoms with Gasteiger partial charge >= 0.3 is 5.97 Å². The first kappa shape index (κ1) is 15.6. The molecule has 1 N–H and O–H groups in total. The Balaban J connectivity index is 1.53. The van der Waals surface area contributed by atoms with Gasteiger partial charge in [0, 0.05) is 10.7 Å². The van der Waals surface area contributed by atoms with Crippen molar-refractivity contribution in [3.05, 3.63) is 64.2 Å². The third-order valence-corrected chi connectivity index (χ3v) is 4.05. The van der Waals surface area contributed by atoms with E-state index in [-0.39, 0.29) is 12.5 Å². The van der Waals surface area contributed by atoms with Crippen molar-refractivity contribution in [1.29, 1.82) is 0 Å². The summed E-state index contributed by atoms with van der Waals surface area (Å²) in [6, 6.07) is 12.2. The van der Waals surface area contributed by atoms with Crippen LogP contribution in [-0.4, -0.2) is 18.5 Å². The summed E-state index contributed by atoms with van der Waals surface area (Å²) >= 11 is 5.76. The maximum Gasteiger partial charge on any atom is 0.338 e. The number of ether oxygens (including phenoxy) is 1. The van der Waals surface area contributed by atoms with Crippen molar-refractivity contribution in [3.8, 4) is 0 Å². The molecule has 3 rings (SSSR count). The number of rotatable bonds is 4. The van der Waals surface area contributed by atoms with Gasteiger partial charge in [0.2, 0.25) is 0 Å². The van der Waals surface area contributed by atoms with E-state index < -0.39 is 5.97 Å². The Morgan fingerprint density at radius 2 is 1.78 bits per heavy atom. The quantitative estimate of drug-likeness (QED) is 0.871. The van der Waals surface area contributed by atoms with Gasteiger partial charge in [0.05, 0.1) is 5.56 Å². The number of hydrogen-bond acceptors (Lipinski definition) is 3. The summed E-state index contributed by atoms with van der Waals surface area (Å²) in [5, 5.41) is 3.29. The molecule has 2 aromatic rings. The van der Waals surface area contributed by atoms with E-state index in [0.29, 0.717) is 10.6 Å². The third-order valence-electron chi connectivity index (χ3n) is 3.80. The number of aryl methyl sites for hydroxylation is 2. The highest BCUT2D eigenvalue weighted by atomic mass is 35.5. The highest BCUT2D eigenvalue weighted by molar-refractivity contribution is 6.30. The van der Waals surface area contributed by atoms with E-state index in [2.05, 4.69) is 5.32 Å². The van der Waals surface area contributed by atoms with Crippen molar-refractivity contribution in [3.63, 3.8) is 0 Å². The van der Waals surface area contributed by atoms with E-state index >= 15 is 0 Å². The fraction of sp³-hybridized carbons (Fsp3) is 0.222. The number of anilines is 1. The van der Waals surface area contributed by atoms with Crippen LogP contribution in [0.5, 0.6) is 0 Å². The van der Waals surface area contributed by atoms with Crippen LogP contribution < -0.4 is 5.32 Å². The lowest BCUT2D eigenvalue weighted by atomic mass is 10.1. The number of hydrogen-bond donors (Lipinski definition) is 1. The predicted molar refractivity (Wildman–Crippen MR) is 88.8 cm³/mol. The second-order valence-corrected chi connectivity index (χ2v) is 5.90. The van der Waals surface area contributed by atoms with Gasteiger partial charge < -0.3 is 10.1 Å². The number of fused-ring (bicyclic) bond motifs is 1. The molecule has 0 bridgehead atoms. The van der Waals surface area contributed by atoms with E-state index in [0.717, 1.165) is 24.9 Å². The smallest absolute Gasteiger partial charge is 0.338 e. The fourth-order valence-corrected chi connectivity index (χ4v) is 2.77. The average Bonchev–Trinajstić information content (AvgIpc) is 3.01. The minimum Gasteiger partial charge on any atom is -0.452 e. The molecule has 1 amide bonds. The zero-order valence-corrected chi connectivity index (χ0v) is 13.2. The van der Waals surface area contributed by atoms with Gasteiger partial charge in [-0.05, 0) is 66.8 Å². The number of benzene rings is 2. The predicted octanol–water partition coefficient (Wildman–Crippen LogP) is 3.62. The van der Waals surface area contributed by atoms with Crippen LogP contribution in [0, 0.1) is 0 Å². The zero-order chi connectivity index (χ0) is 16.2. The van der Waals surface area contributed by atoms with Crippen molar-refractivity contribution < 1.29 is 14.3 Å². The Hall–Kier alpha value is -2.33. The summed E-state index contributed by atoms with van der Waals surface area (Å²) in [7, 11) is 0. The van der Waals surface area contributed by atoms with Gasteiger partial charge in [0.1, 0.15) is 0 Å². The summed E-state index contributed by atoms with van der Waals surface area (Å²) in [5.41, 5.74) is 3.72. The largest absolute Gasteiger partial charge is 0.452 e. The lowest BCUT2D eigenvalue weighted by Crippen LogP contribution is -2.21. The Labute approximate surface area is 139 Å². The highest BCUT2D eigenvalue weighted by Crippen LogP contribution is 2.24. The zero-order valence-electron chi connectivity index (χ0n) is 12.5. The van der Waals surface area contributed by atoms with E-state index in [9.17, 15) is 9.59 Å². The summed E-state index contributed by atoms with van der Waals surface area (Å²) in [4.78, 5) is 23.7. The van der Waals surface area contributed by atoms with Crippen molar-refractivity contribution in [2.24, 2.45) is 0 Å². The molecule has 23 heavy (non-hydrogen) atoms. The second-order valence-electron chi connectivity index (χ2n) is 5.47. The molecule has 1 aliphatic rings. The molecule has 4 nitrogen and oxygen atoms in total. The summed E-state index contributed by atoms with van der Waals surface area (Å²) < 4.78 is 5.00. The van der Waals surface area contributed by atoms with Gasteiger partial charge in [0.25, 0.3) is 5.91 Å². The first-order valence-corrected chi connectivity index (χ1v) is 7.84. The molecule has 0 heterocycles. The third kappa shape index (κ3) is 3.90. The Morgan fingerprint density at radius 3 is 2.57 bits per heavy atom. The number of carbonyl (C=O) groups is 2. The van der Waals surface area contributed by atoms with Gasteiger partial charge in [-0.3, -0.25) is 4.79 Å². The molecule has 0 aliphatic heterocycles. The van der Waals surface area contributed by atoms with Crippen LogP contribution in [0.25, 0.3) is 0 Å². The standard InChI is InChI=1S/C18H16ClNO3/c19-15-7-4-13(5-8-15)18(22)23-11-17(21)20-16-9-6-12-2-1-3-14(12)10-16/h4-10H,1-3,11H2,(H,20,21). The molecular weight excluding hydrogens is 314 g/mol. The van der Waals surface area contributed by atoms with Gasteiger partial charge in [-0.15, -0.1) is 0 Å². The first-order valence-electron chi connectivity index (χ1n) is 7.46. The number of esters is 1. The number of halogens is 1. The van der Waals surface area contributed by atoms with Gasteiger partial charge in [-0.1, -0.05) is 17.7 Å². The lowest BCUT2D eigenvalue weighted by molar-refractivity contribution is -0.119. The van der Waals surface area contributed by atoms with Gasteiger partial charge in [-0.25, -0.2) is 4.79 Å². The molecular formula is C18H16ClNO3. The minimum atomic E-state index is -0.550. The SMILES string of the molecule is O=C(COC(=O)c1ccc(Cl)cc1)Nc1ccc2c(c1)CCC2. The molecule has 0 aromatic heterocycles. The van der Waals surface area contributed by atoms with Gasteiger partial charge in [0.15, 0.2) is 6.61 Å².